The van der Waals surface area contributed by atoms with E-state index in [-0.39, 0.29) is 24.4 Å². The highest BCUT2D eigenvalue weighted by Gasteiger charge is 2.30. The molecule has 0 bridgehead atoms. The monoisotopic (exact) mass is 493 g/mol. The lowest BCUT2D eigenvalue weighted by molar-refractivity contribution is -0.132. The molecule has 0 radical (unpaired) electrons. The van der Waals surface area contributed by atoms with Gasteiger partial charge >= 0.3 is 0 Å². The minimum Gasteiger partial charge on any atom is -0.351 e. The van der Waals surface area contributed by atoms with Crippen LogP contribution in [0.5, 0.6) is 0 Å². The molecule has 1 aliphatic rings. The fourth-order valence-electron chi connectivity index (χ4n) is 4.64. The quantitative estimate of drug-likeness (QED) is 0.437. The fraction of sp³-hybridized carbons (Fsp3) is 0.370. The first-order valence-corrected chi connectivity index (χ1v) is 12.4. The normalized spacial score (nSPS) is 15.5. The van der Waals surface area contributed by atoms with Crippen LogP contribution in [0.1, 0.15) is 36.1 Å². The number of rotatable bonds is 10. The van der Waals surface area contributed by atoms with Crippen LogP contribution in [0.3, 0.4) is 0 Å². The van der Waals surface area contributed by atoms with Gasteiger partial charge < -0.3 is 15.2 Å². The van der Waals surface area contributed by atoms with E-state index in [1.807, 2.05) is 35.4 Å². The molecule has 1 aromatic heterocycles. The van der Waals surface area contributed by atoms with E-state index >= 15 is 0 Å². The molecule has 1 fully saturated rings. The van der Waals surface area contributed by atoms with E-state index in [9.17, 15) is 9.59 Å². The predicted molar refractivity (Wildman–Crippen MR) is 138 cm³/mol. The Labute approximate surface area is 211 Å². The second-order valence-electron chi connectivity index (χ2n) is 9.10. The van der Waals surface area contributed by atoms with E-state index in [1.165, 1.54) is 11.1 Å². The van der Waals surface area contributed by atoms with Crippen molar-refractivity contribution in [3.8, 4) is 0 Å². The lowest BCUT2D eigenvalue weighted by Gasteiger charge is -2.31. The number of halogens is 1. The van der Waals surface area contributed by atoms with Gasteiger partial charge in [-0.25, -0.2) is 4.98 Å². The number of carbonyl (C=O) groups is 2. The summed E-state index contributed by atoms with van der Waals surface area (Å²) >= 11 is 6.07. The van der Waals surface area contributed by atoms with E-state index < -0.39 is 0 Å². The number of amides is 2. The number of carbonyl (C=O) groups excluding carboxylic acids is 2. The molecule has 0 unspecified atom stereocenters. The van der Waals surface area contributed by atoms with Crippen LogP contribution >= 0.6 is 11.6 Å². The third-order valence-corrected chi connectivity index (χ3v) is 6.68. The van der Waals surface area contributed by atoms with Crippen molar-refractivity contribution < 1.29 is 9.59 Å². The zero-order valence-corrected chi connectivity index (χ0v) is 20.8. The molecule has 0 saturated carbocycles. The van der Waals surface area contributed by atoms with Gasteiger partial charge in [-0.05, 0) is 55.5 Å². The molecule has 2 heterocycles. The van der Waals surface area contributed by atoms with E-state index in [2.05, 4.69) is 39.2 Å². The summed E-state index contributed by atoms with van der Waals surface area (Å²) in [4.78, 5) is 37.3. The number of H-pyrrole nitrogens is 1. The third-order valence-electron chi connectivity index (χ3n) is 6.45. The second kappa shape index (κ2) is 12.0. The highest BCUT2D eigenvalue weighted by atomic mass is 35.5. The molecule has 35 heavy (non-hydrogen) atoms. The van der Waals surface area contributed by atoms with Gasteiger partial charge in [0.05, 0.1) is 18.6 Å². The molecule has 0 aliphatic carbocycles. The van der Waals surface area contributed by atoms with Crippen molar-refractivity contribution in [1.82, 2.24) is 19.8 Å². The van der Waals surface area contributed by atoms with E-state index in [4.69, 9.17) is 11.6 Å². The Morgan fingerprint density at radius 2 is 2.09 bits per heavy atom. The maximum absolute atomic E-state index is 13.0. The molecule has 1 aliphatic heterocycles. The summed E-state index contributed by atoms with van der Waals surface area (Å²) in [6, 6.07) is 15.5. The largest absolute Gasteiger partial charge is 0.351 e. The maximum atomic E-state index is 13.0. The molecule has 2 amide bonds. The Morgan fingerprint density at radius 3 is 2.86 bits per heavy atom. The molecular formula is C27H32ClN5O2. The number of benzene rings is 2. The molecule has 2 N–H and O–H groups in total. The Hall–Kier alpha value is -3.16. The predicted octanol–water partition coefficient (Wildman–Crippen LogP) is 4.44. The van der Waals surface area contributed by atoms with Gasteiger partial charge in [0.1, 0.15) is 0 Å². The average Bonchev–Trinajstić information content (AvgIpc) is 3.51. The van der Waals surface area contributed by atoms with E-state index in [0.717, 1.165) is 25.1 Å². The van der Waals surface area contributed by atoms with Crippen LogP contribution in [0.2, 0.25) is 5.02 Å². The van der Waals surface area contributed by atoms with Crippen molar-refractivity contribution in [1.29, 1.82) is 0 Å². The second-order valence-corrected chi connectivity index (χ2v) is 9.53. The van der Waals surface area contributed by atoms with Gasteiger partial charge in [-0.2, -0.15) is 0 Å². The van der Waals surface area contributed by atoms with Crippen molar-refractivity contribution in [2.24, 2.45) is 0 Å². The van der Waals surface area contributed by atoms with Crippen molar-refractivity contribution in [2.75, 3.05) is 25.0 Å². The summed E-state index contributed by atoms with van der Waals surface area (Å²) in [5.41, 5.74) is 3.94. The van der Waals surface area contributed by atoms with Crippen molar-refractivity contribution in [3.63, 3.8) is 0 Å². The topological polar surface area (TPSA) is 81.3 Å². The Bertz CT molecular complexity index is 1130. The number of aromatic nitrogens is 2. The van der Waals surface area contributed by atoms with Crippen molar-refractivity contribution in [2.45, 2.75) is 45.2 Å². The van der Waals surface area contributed by atoms with Crippen LogP contribution in [-0.4, -0.2) is 57.3 Å². The summed E-state index contributed by atoms with van der Waals surface area (Å²) < 4.78 is 0. The number of likely N-dealkylation sites (tertiary alicyclic amines) is 1. The number of nitrogens with one attached hydrogen (secondary N) is 2. The van der Waals surface area contributed by atoms with Gasteiger partial charge in [0, 0.05) is 49.0 Å². The zero-order valence-electron chi connectivity index (χ0n) is 20.0. The molecule has 8 heteroatoms. The Kier molecular flexibility index (Phi) is 8.55. The molecule has 2 aromatic carbocycles. The van der Waals surface area contributed by atoms with Gasteiger partial charge in [-0.1, -0.05) is 41.9 Å². The summed E-state index contributed by atoms with van der Waals surface area (Å²) in [6.45, 7) is 4.36. The first-order valence-electron chi connectivity index (χ1n) is 12.1. The molecule has 4 rings (SSSR count). The minimum atomic E-state index is -0.102. The number of hydrogen-bond donors (Lipinski definition) is 2. The summed E-state index contributed by atoms with van der Waals surface area (Å²) in [6.07, 6.45) is 6.45. The van der Waals surface area contributed by atoms with Crippen molar-refractivity contribution in [3.05, 3.63) is 82.9 Å². The molecule has 3 aromatic rings. The van der Waals surface area contributed by atoms with Gasteiger partial charge in [0.25, 0.3) is 0 Å². The van der Waals surface area contributed by atoms with Gasteiger partial charge in [-0.15, -0.1) is 0 Å². The Morgan fingerprint density at radius 1 is 1.23 bits per heavy atom. The Balaban J connectivity index is 1.43. The lowest BCUT2D eigenvalue weighted by atomic mass is 10.1. The summed E-state index contributed by atoms with van der Waals surface area (Å²) in [5.74, 6) is 0.0463. The van der Waals surface area contributed by atoms with Crippen LogP contribution in [-0.2, 0) is 22.6 Å². The fourth-order valence-corrected chi connectivity index (χ4v) is 4.83. The number of aromatic amines is 1. The molecule has 184 valence electrons. The number of anilines is 1. The maximum Gasteiger partial charge on any atom is 0.238 e. The smallest absolute Gasteiger partial charge is 0.238 e. The van der Waals surface area contributed by atoms with Crippen molar-refractivity contribution >= 4 is 29.1 Å². The molecule has 7 nitrogen and oxygen atoms in total. The van der Waals surface area contributed by atoms with Gasteiger partial charge in [-0.3, -0.25) is 14.5 Å². The first-order chi connectivity index (χ1) is 17.0. The molecule has 1 saturated heterocycles. The number of nitrogens with zero attached hydrogens (tertiary/aromatic N) is 3. The number of imidazole rings is 1. The lowest BCUT2D eigenvalue weighted by Crippen LogP contribution is -2.45. The highest BCUT2D eigenvalue weighted by Crippen LogP contribution is 2.22. The van der Waals surface area contributed by atoms with Gasteiger partial charge in [0.15, 0.2) is 0 Å². The average molecular weight is 494 g/mol. The highest BCUT2D eigenvalue weighted by molar-refractivity contribution is 6.30. The van der Waals surface area contributed by atoms with Crippen LogP contribution < -0.4 is 5.32 Å². The van der Waals surface area contributed by atoms with Crippen LogP contribution in [0, 0.1) is 6.92 Å². The van der Waals surface area contributed by atoms with Crippen LogP contribution in [0.4, 0.5) is 5.69 Å². The van der Waals surface area contributed by atoms with E-state index in [1.54, 1.807) is 18.5 Å². The standard InChI is InChI=1S/C27H32ClN5O2/c1-20-6-2-3-7-21(20)16-32(18-26(34)31-23-9-4-8-22(28)14-23)17-25-10-5-13-33(25)27(35)12-11-24-15-29-19-30-24/h2-4,6-9,14-15,19,25H,5,10-13,16-18H2,1H3,(H,29,30)(H,31,34)/t25-/m0/s1. The molecular weight excluding hydrogens is 462 g/mol. The van der Waals surface area contributed by atoms with Crippen LogP contribution in [0.15, 0.2) is 61.1 Å². The third kappa shape index (κ3) is 7.16. The van der Waals surface area contributed by atoms with Gasteiger partial charge in [0.2, 0.25) is 11.8 Å². The van der Waals surface area contributed by atoms with E-state index in [0.29, 0.717) is 36.6 Å². The summed E-state index contributed by atoms with van der Waals surface area (Å²) in [5, 5.41) is 3.53. The first kappa shape index (κ1) is 24.9. The number of hydrogen-bond acceptors (Lipinski definition) is 4. The van der Waals surface area contributed by atoms with Crippen LogP contribution in [0.25, 0.3) is 0 Å². The SMILES string of the molecule is Cc1ccccc1CN(CC(=O)Nc1cccc(Cl)c1)C[C@@H]1CCCN1C(=O)CCc1c[nH]cn1. The zero-order chi connectivity index (χ0) is 24.6. The molecule has 0 spiro atoms. The molecule has 1 atom stereocenters. The minimum absolute atomic E-state index is 0.0877. The summed E-state index contributed by atoms with van der Waals surface area (Å²) in [7, 11) is 0. The number of aryl methyl sites for hydroxylation is 2.